The summed E-state index contributed by atoms with van der Waals surface area (Å²) in [5, 5.41) is 17.3. The number of ether oxygens (including phenoxy) is 1. The molecule has 0 saturated heterocycles. The summed E-state index contributed by atoms with van der Waals surface area (Å²) in [6, 6.07) is 43.5. The number of aliphatic carboxylic acids is 1. The van der Waals surface area contributed by atoms with Gasteiger partial charge in [-0.1, -0.05) is 140 Å². The molecule has 252 valence electrons. The van der Waals surface area contributed by atoms with Crippen molar-refractivity contribution in [3.05, 3.63) is 167 Å². The Morgan fingerprint density at radius 2 is 1.12 bits per heavy atom. The highest BCUT2D eigenvalue weighted by Gasteiger charge is 2.38. The van der Waals surface area contributed by atoms with Gasteiger partial charge in [-0.25, -0.2) is 4.79 Å². The molecule has 1 aliphatic rings. The van der Waals surface area contributed by atoms with Gasteiger partial charge in [-0.05, 0) is 45.4 Å². The van der Waals surface area contributed by atoms with Gasteiger partial charge < -0.3 is 25.8 Å². The van der Waals surface area contributed by atoms with Gasteiger partial charge in [-0.2, -0.15) is 0 Å². The number of carbonyl (C=O) groups is 4. The van der Waals surface area contributed by atoms with Crippen LogP contribution < -0.4 is 16.0 Å². The maximum Gasteiger partial charge on any atom is 0.407 e. The Hall–Kier alpha value is -6.22. The predicted octanol–water partition coefficient (Wildman–Crippen LogP) is 5.98. The molecule has 50 heavy (non-hydrogen) atoms. The number of alkyl carbamates (subject to hydrolysis) is 1. The Balaban J connectivity index is 1.20. The van der Waals surface area contributed by atoms with Crippen LogP contribution in [0.4, 0.5) is 4.79 Å². The van der Waals surface area contributed by atoms with Crippen LogP contribution in [0.1, 0.15) is 46.6 Å². The number of rotatable bonds is 13. The fraction of sp³-hybridized carbons (Fsp3) is 0.171. The van der Waals surface area contributed by atoms with Crippen LogP contribution in [0.2, 0.25) is 0 Å². The van der Waals surface area contributed by atoms with E-state index in [1.54, 1.807) is 0 Å². The molecule has 0 radical (unpaired) electrons. The number of hydrogen-bond acceptors (Lipinski definition) is 5. The van der Waals surface area contributed by atoms with Gasteiger partial charge in [0.25, 0.3) is 0 Å². The van der Waals surface area contributed by atoms with E-state index in [9.17, 15) is 24.3 Å². The summed E-state index contributed by atoms with van der Waals surface area (Å²) in [5.41, 5.74) is 5.65. The third-order valence-corrected chi connectivity index (χ3v) is 8.97. The molecule has 0 unspecified atom stereocenters. The molecule has 0 aromatic heterocycles. The molecule has 5 aromatic rings. The fourth-order valence-electron chi connectivity index (χ4n) is 6.67. The lowest BCUT2D eigenvalue weighted by Gasteiger charge is -2.37. The molecular formula is C41H37N3O6. The van der Waals surface area contributed by atoms with Gasteiger partial charge in [0.15, 0.2) is 0 Å². The number of nitrogens with one attached hydrogen (secondary N) is 3. The van der Waals surface area contributed by atoms with Crippen LogP contribution in [0, 0.1) is 0 Å². The van der Waals surface area contributed by atoms with E-state index >= 15 is 0 Å². The number of carboxylic acid groups (broad SMARTS) is 1. The third kappa shape index (κ3) is 7.27. The molecular weight excluding hydrogens is 630 g/mol. The zero-order chi connectivity index (χ0) is 34.9. The molecule has 0 saturated carbocycles. The van der Waals surface area contributed by atoms with Crippen molar-refractivity contribution in [1.29, 1.82) is 0 Å². The van der Waals surface area contributed by atoms with Crippen LogP contribution in [-0.4, -0.2) is 48.2 Å². The first-order valence-electron chi connectivity index (χ1n) is 16.5. The number of benzene rings is 5. The summed E-state index contributed by atoms with van der Waals surface area (Å²) >= 11 is 0. The lowest BCUT2D eigenvalue weighted by Crippen LogP contribution is -2.50. The van der Waals surface area contributed by atoms with Gasteiger partial charge in [0.2, 0.25) is 11.8 Å². The van der Waals surface area contributed by atoms with E-state index in [0.717, 1.165) is 38.9 Å². The van der Waals surface area contributed by atoms with Crippen molar-refractivity contribution in [3.8, 4) is 11.1 Å². The standard InChI is InChI=1S/C41H37N3O6/c45-37(44-41(28-14-4-1-5-15-28,29-16-6-2-7-17-29)30-18-8-3-9-19-30)25-24-36(39(48)42-26-38(46)47)43-40(49)50-27-35-33-22-12-10-20-31(33)32-21-11-13-23-34(32)35/h1-23,35-36H,24-27H2,(H,42,48)(H,43,49)(H,44,45)(H,46,47)/t36-/m0/s1. The highest BCUT2D eigenvalue weighted by Crippen LogP contribution is 2.44. The van der Waals surface area contributed by atoms with Crippen molar-refractivity contribution in [1.82, 2.24) is 16.0 Å². The summed E-state index contributed by atoms with van der Waals surface area (Å²) < 4.78 is 5.66. The zero-order valence-electron chi connectivity index (χ0n) is 27.3. The summed E-state index contributed by atoms with van der Waals surface area (Å²) in [7, 11) is 0. The first-order valence-corrected chi connectivity index (χ1v) is 16.5. The summed E-state index contributed by atoms with van der Waals surface area (Å²) in [6.07, 6.45) is -1.13. The van der Waals surface area contributed by atoms with Crippen LogP contribution in [0.25, 0.3) is 11.1 Å². The number of fused-ring (bicyclic) bond motifs is 3. The maximum absolute atomic E-state index is 13.9. The second-order valence-corrected chi connectivity index (χ2v) is 12.1. The Morgan fingerprint density at radius 3 is 1.60 bits per heavy atom. The molecule has 5 aromatic carbocycles. The van der Waals surface area contributed by atoms with Crippen molar-refractivity contribution in [2.45, 2.75) is 30.3 Å². The summed E-state index contributed by atoms with van der Waals surface area (Å²) in [4.78, 5) is 51.5. The number of hydrogen-bond donors (Lipinski definition) is 4. The largest absolute Gasteiger partial charge is 0.480 e. The van der Waals surface area contributed by atoms with Gasteiger partial charge in [-0.3, -0.25) is 14.4 Å². The first kappa shape index (κ1) is 33.7. The smallest absolute Gasteiger partial charge is 0.407 e. The lowest BCUT2D eigenvalue weighted by molar-refractivity contribution is -0.138. The molecule has 0 aliphatic heterocycles. The highest BCUT2D eigenvalue weighted by molar-refractivity contribution is 5.89. The van der Waals surface area contributed by atoms with E-state index in [0.29, 0.717) is 0 Å². The molecule has 1 atom stereocenters. The summed E-state index contributed by atoms with van der Waals surface area (Å²) in [6.45, 7) is -0.620. The Kier molecular flexibility index (Phi) is 10.3. The van der Waals surface area contributed by atoms with Crippen LogP contribution >= 0.6 is 0 Å². The van der Waals surface area contributed by atoms with E-state index in [2.05, 4.69) is 16.0 Å². The Bertz CT molecular complexity index is 1820. The SMILES string of the molecule is O=C(O)CNC(=O)[C@H](CCC(=O)NC(c1ccccc1)(c1ccccc1)c1ccccc1)NC(=O)OCC1c2ccccc2-c2ccccc21. The average molecular weight is 668 g/mol. The van der Waals surface area contributed by atoms with Crippen molar-refractivity contribution in [3.63, 3.8) is 0 Å². The fourth-order valence-corrected chi connectivity index (χ4v) is 6.67. The quantitative estimate of drug-likeness (QED) is 0.114. The summed E-state index contributed by atoms with van der Waals surface area (Å²) in [5.74, 6) is -2.56. The average Bonchev–Trinajstić information content (AvgIpc) is 3.48. The van der Waals surface area contributed by atoms with Gasteiger partial charge >= 0.3 is 12.1 Å². The van der Waals surface area contributed by atoms with Gasteiger partial charge in [0.1, 0.15) is 24.7 Å². The molecule has 1 aliphatic carbocycles. The molecule has 9 nitrogen and oxygen atoms in total. The van der Waals surface area contributed by atoms with E-state index in [1.165, 1.54) is 0 Å². The Labute approximate surface area is 290 Å². The molecule has 4 N–H and O–H groups in total. The van der Waals surface area contributed by atoms with Gasteiger partial charge in [-0.15, -0.1) is 0 Å². The minimum atomic E-state index is -1.24. The second kappa shape index (κ2) is 15.3. The topological polar surface area (TPSA) is 134 Å². The van der Waals surface area contributed by atoms with Crippen LogP contribution in [0.5, 0.6) is 0 Å². The van der Waals surface area contributed by atoms with Crippen molar-refractivity contribution in [2.75, 3.05) is 13.2 Å². The molecule has 0 spiro atoms. The van der Waals surface area contributed by atoms with Crippen LogP contribution in [0.3, 0.4) is 0 Å². The molecule has 3 amide bonds. The lowest BCUT2D eigenvalue weighted by atomic mass is 9.77. The van der Waals surface area contributed by atoms with Crippen molar-refractivity contribution in [2.24, 2.45) is 0 Å². The molecule has 0 heterocycles. The first-order chi connectivity index (χ1) is 24.4. The van der Waals surface area contributed by atoms with Gasteiger partial charge in [0, 0.05) is 12.3 Å². The van der Waals surface area contributed by atoms with Crippen LogP contribution in [0.15, 0.2) is 140 Å². The van der Waals surface area contributed by atoms with Gasteiger partial charge in [0.05, 0.1) is 0 Å². The number of carbonyl (C=O) groups excluding carboxylic acids is 3. The van der Waals surface area contributed by atoms with E-state index in [-0.39, 0.29) is 31.3 Å². The normalized spacial score (nSPS) is 12.6. The monoisotopic (exact) mass is 667 g/mol. The van der Waals surface area contributed by atoms with E-state index in [1.807, 2.05) is 140 Å². The highest BCUT2D eigenvalue weighted by atomic mass is 16.5. The molecule has 9 heteroatoms. The molecule has 6 rings (SSSR count). The van der Waals surface area contributed by atoms with Crippen molar-refractivity contribution >= 4 is 23.9 Å². The molecule has 0 fully saturated rings. The van der Waals surface area contributed by atoms with Crippen molar-refractivity contribution < 1.29 is 29.0 Å². The molecule has 0 bridgehead atoms. The zero-order valence-corrected chi connectivity index (χ0v) is 27.3. The second-order valence-electron chi connectivity index (χ2n) is 12.1. The Morgan fingerprint density at radius 1 is 0.660 bits per heavy atom. The maximum atomic E-state index is 13.9. The van der Waals surface area contributed by atoms with E-state index < -0.39 is 36.1 Å². The predicted molar refractivity (Wildman–Crippen MR) is 189 cm³/mol. The van der Waals surface area contributed by atoms with Crippen LogP contribution in [-0.2, 0) is 24.7 Å². The third-order valence-electron chi connectivity index (χ3n) is 8.97. The number of amides is 3. The van der Waals surface area contributed by atoms with E-state index in [4.69, 9.17) is 4.74 Å². The minimum absolute atomic E-state index is 0.0254. The number of carboxylic acids is 1. The minimum Gasteiger partial charge on any atom is -0.480 e.